The summed E-state index contributed by atoms with van der Waals surface area (Å²) in [5.41, 5.74) is 0.195. The minimum absolute atomic E-state index is 0.153. The van der Waals surface area contributed by atoms with Crippen LogP contribution in [0.4, 0.5) is 0 Å². The van der Waals surface area contributed by atoms with Crippen molar-refractivity contribution in [1.29, 1.82) is 0 Å². The maximum Gasteiger partial charge on any atom is 0.370 e. The Morgan fingerprint density at radius 3 is 1.94 bits per heavy atom. The fourth-order valence-corrected chi connectivity index (χ4v) is 1.28. The molecule has 0 aliphatic heterocycles. The summed E-state index contributed by atoms with van der Waals surface area (Å²) in [7, 11) is 0. The average molecular weight is 269 g/mol. The van der Waals surface area contributed by atoms with E-state index in [2.05, 4.69) is 0 Å². The van der Waals surface area contributed by atoms with Gasteiger partial charge in [-0.2, -0.15) is 0 Å². The van der Waals surface area contributed by atoms with Crippen molar-refractivity contribution in [1.82, 2.24) is 0 Å². The van der Waals surface area contributed by atoms with Crippen LogP contribution in [0.25, 0.3) is 5.57 Å². The number of carboxylic acids is 2. The Labute approximate surface area is 107 Å². The SMILES string of the molecule is O=C(O)C(O)=CC=C(C(=O)O)c1ccc(Cl)cc1. The van der Waals surface area contributed by atoms with Gasteiger partial charge < -0.3 is 15.3 Å². The number of benzene rings is 1. The second-order valence-electron chi connectivity index (χ2n) is 3.25. The predicted molar refractivity (Wildman–Crippen MR) is 65.4 cm³/mol. The van der Waals surface area contributed by atoms with Gasteiger partial charge in [-0.25, -0.2) is 9.59 Å². The lowest BCUT2D eigenvalue weighted by atomic mass is 10.1. The molecule has 0 aliphatic carbocycles. The molecule has 0 heterocycles. The van der Waals surface area contributed by atoms with Gasteiger partial charge in [0.25, 0.3) is 0 Å². The molecule has 0 amide bonds. The number of carboxylic acid groups (broad SMARTS) is 2. The highest BCUT2D eigenvalue weighted by atomic mass is 35.5. The molecule has 0 saturated carbocycles. The standard InChI is InChI=1S/C12H9ClO5/c13-8-3-1-7(2-4-8)9(11(15)16)5-6-10(14)12(17)18/h1-6,14H,(H,15,16)(H,17,18). The highest BCUT2D eigenvalue weighted by molar-refractivity contribution is 6.30. The van der Waals surface area contributed by atoms with Gasteiger partial charge in [-0.3, -0.25) is 0 Å². The Kier molecular flexibility index (Phi) is 4.51. The second-order valence-corrected chi connectivity index (χ2v) is 3.69. The highest BCUT2D eigenvalue weighted by Crippen LogP contribution is 2.18. The lowest BCUT2D eigenvalue weighted by Crippen LogP contribution is -2.01. The molecular formula is C12H9ClO5. The van der Waals surface area contributed by atoms with Gasteiger partial charge >= 0.3 is 11.9 Å². The summed E-state index contributed by atoms with van der Waals surface area (Å²) in [5.74, 6) is -3.72. The van der Waals surface area contributed by atoms with Crippen LogP contribution in [0.2, 0.25) is 5.02 Å². The summed E-state index contributed by atoms with van der Waals surface area (Å²) in [4.78, 5) is 21.4. The first-order valence-electron chi connectivity index (χ1n) is 4.75. The molecule has 0 fully saturated rings. The van der Waals surface area contributed by atoms with E-state index in [-0.39, 0.29) is 5.57 Å². The number of carbonyl (C=O) groups is 2. The van der Waals surface area contributed by atoms with Crippen molar-refractivity contribution in [2.75, 3.05) is 0 Å². The quantitative estimate of drug-likeness (QED) is 0.442. The third-order valence-corrected chi connectivity index (χ3v) is 2.26. The molecule has 1 rings (SSSR count). The third-order valence-electron chi connectivity index (χ3n) is 2.01. The van der Waals surface area contributed by atoms with Crippen LogP contribution in [-0.2, 0) is 9.59 Å². The van der Waals surface area contributed by atoms with E-state index in [9.17, 15) is 9.59 Å². The highest BCUT2D eigenvalue weighted by Gasteiger charge is 2.10. The van der Waals surface area contributed by atoms with E-state index in [1.165, 1.54) is 24.3 Å². The second kappa shape index (κ2) is 5.88. The molecule has 18 heavy (non-hydrogen) atoms. The van der Waals surface area contributed by atoms with E-state index >= 15 is 0 Å². The molecule has 3 N–H and O–H groups in total. The zero-order valence-electron chi connectivity index (χ0n) is 9.00. The van der Waals surface area contributed by atoms with Crippen LogP contribution in [0.15, 0.2) is 42.2 Å². The first kappa shape index (κ1) is 13.8. The molecule has 1 aromatic carbocycles. The number of halogens is 1. The Balaban J connectivity index is 3.15. The molecule has 0 saturated heterocycles. The number of aliphatic hydroxyl groups is 1. The fourth-order valence-electron chi connectivity index (χ4n) is 1.15. The lowest BCUT2D eigenvalue weighted by molar-refractivity contribution is -0.135. The van der Waals surface area contributed by atoms with Gasteiger partial charge in [0.15, 0.2) is 0 Å². The van der Waals surface area contributed by atoms with Crippen LogP contribution in [-0.4, -0.2) is 27.3 Å². The van der Waals surface area contributed by atoms with Crippen molar-refractivity contribution in [3.8, 4) is 0 Å². The van der Waals surface area contributed by atoms with E-state index in [1.54, 1.807) is 0 Å². The Bertz CT molecular complexity index is 528. The summed E-state index contributed by atoms with van der Waals surface area (Å²) >= 11 is 5.67. The minimum Gasteiger partial charge on any atom is -0.502 e. The van der Waals surface area contributed by atoms with Crippen molar-refractivity contribution >= 4 is 29.1 Å². The summed E-state index contributed by atoms with van der Waals surface area (Å²) < 4.78 is 0. The Morgan fingerprint density at radius 2 is 1.50 bits per heavy atom. The smallest absolute Gasteiger partial charge is 0.370 e. The lowest BCUT2D eigenvalue weighted by Gasteiger charge is -2.01. The molecule has 0 aromatic heterocycles. The van der Waals surface area contributed by atoms with Gasteiger partial charge in [-0.15, -0.1) is 0 Å². The molecule has 0 aliphatic rings. The van der Waals surface area contributed by atoms with Gasteiger partial charge in [0, 0.05) is 5.02 Å². The molecule has 0 bridgehead atoms. The number of aliphatic hydroxyl groups excluding tert-OH is 1. The van der Waals surface area contributed by atoms with E-state index in [4.69, 9.17) is 26.9 Å². The maximum absolute atomic E-state index is 11.0. The Morgan fingerprint density at radius 1 is 0.944 bits per heavy atom. The number of hydrogen-bond acceptors (Lipinski definition) is 3. The summed E-state index contributed by atoms with van der Waals surface area (Å²) in [6.07, 6.45) is 1.81. The molecule has 0 unspecified atom stereocenters. The van der Waals surface area contributed by atoms with Gasteiger partial charge in [-0.05, 0) is 29.8 Å². The topological polar surface area (TPSA) is 94.8 Å². The van der Waals surface area contributed by atoms with E-state index in [1.807, 2.05) is 0 Å². The van der Waals surface area contributed by atoms with Crippen LogP contribution in [0.3, 0.4) is 0 Å². The molecule has 5 nitrogen and oxygen atoms in total. The van der Waals surface area contributed by atoms with Crippen LogP contribution >= 0.6 is 11.6 Å². The van der Waals surface area contributed by atoms with Crippen LogP contribution < -0.4 is 0 Å². The summed E-state index contributed by atoms with van der Waals surface area (Å²) in [6.45, 7) is 0. The normalized spacial score (nSPS) is 12.3. The van der Waals surface area contributed by atoms with Crippen molar-refractivity contribution in [2.24, 2.45) is 0 Å². The average Bonchev–Trinajstić information content (AvgIpc) is 2.30. The largest absolute Gasteiger partial charge is 0.502 e. The molecule has 94 valence electrons. The molecule has 0 radical (unpaired) electrons. The molecule has 0 spiro atoms. The van der Waals surface area contributed by atoms with Crippen molar-refractivity contribution in [3.63, 3.8) is 0 Å². The molecule has 1 aromatic rings. The van der Waals surface area contributed by atoms with Gasteiger partial charge in [0.05, 0.1) is 5.57 Å². The first-order valence-corrected chi connectivity index (χ1v) is 5.13. The number of hydrogen-bond donors (Lipinski definition) is 3. The number of aliphatic carboxylic acids is 2. The monoisotopic (exact) mass is 268 g/mol. The molecule has 6 heteroatoms. The summed E-state index contributed by atoms with van der Waals surface area (Å²) in [6, 6.07) is 5.98. The number of allylic oxidation sites excluding steroid dienone is 2. The van der Waals surface area contributed by atoms with Gasteiger partial charge in [0.1, 0.15) is 0 Å². The zero-order chi connectivity index (χ0) is 13.7. The fraction of sp³-hybridized carbons (Fsp3) is 0. The van der Waals surface area contributed by atoms with Gasteiger partial charge in [0.2, 0.25) is 5.76 Å². The molecule has 0 atom stereocenters. The maximum atomic E-state index is 11.0. The minimum atomic E-state index is -1.54. The van der Waals surface area contributed by atoms with E-state index < -0.39 is 17.7 Å². The van der Waals surface area contributed by atoms with Crippen LogP contribution in [0.5, 0.6) is 0 Å². The van der Waals surface area contributed by atoms with E-state index in [0.29, 0.717) is 10.6 Å². The Hall–Kier alpha value is -2.27. The third kappa shape index (κ3) is 3.64. The van der Waals surface area contributed by atoms with Crippen molar-refractivity contribution < 1.29 is 24.9 Å². The van der Waals surface area contributed by atoms with E-state index in [0.717, 1.165) is 12.2 Å². The van der Waals surface area contributed by atoms with Crippen LogP contribution in [0, 0.1) is 0 Å². The van der Waals surface area contributed by atoms with Crippen molar-refractivity contribution in [3.05, 3.63) is 52.8 Å². The summed E-state index contributed by atoms with van der Waals surface area (Å²) in [5, 5.41) is 26.8. The predicted octanol–water partition coefficient (Wildman–Crippen LogP) is 2.33. The van der Waals surface area contributed by atoms with Crippen LogP contribution in [0.1, 0.15) is 5.56 Å². The number of rotatable bonds is 4. The zero-order valence-corrected chi connectivity index (χ0v) is 9.76. The van der Waals surface area contributed by atoms with Crippen molar-refractivity contribution in [2.45, 2.75) is 0 Å². The molecular weight excluding hydrogens is 260 g/mol. The van der Waals surface area contributed by atoms with Gasteiger partial charge in [-0.1, -0.05) is 23.7 Å². The first-order chi connectivity index (χ1) is 8.41.